The number of ether oxygens (including phenoxy) is 1. The van der Waals surface area contributed by atoms with Crippen LogP contribution in [0.3, 0.4) is 0 Å². The molecule has 3 aromatic carbocycles. The van der Waals surface area contributed by atoms with Gasteiger partial charge >= 0.3 is 0 Å². The van der Waals surface area contributed by atoms with Crippen molar-refractivity contribution >= 4 is 27.5 Å². The monoisotopic (exact) mass is 486 g/mol. The molecule has 0 aliphatic carbocycles. The summed E-state index contributed by atoms with van der Waals surface area (Å²) in [6.07, 6.45) is 0.211. The number of rotatable bonds is 10. The van der Waals surface area contributed by atoms with E-state index in [1.807, 2.05) is 49.4 Å². The van der Waals surface area contributed by atoms with Gasteiger partial charge in [0.2, 0.25) is 15.9 Å². The number of aryl methyl sites for hydroxylation is 1. The van der Waals surface area contributed by atoms with E-state index < -0.39 is 22.0 Å². The Bertz CT molecular complexity index is 1180. The van der Waals surface area contributed by atoms with Gasteiger partial charge in [-0.1, -0.05) is 54.1 Å². The number of nitrogens with one attached hydrogen (secondary N) is 2. The number of amides is 1. The zero-order chi connectivity index (χ0) is 23.8. The van der Waals surface area contributed by atoms with Crippen LogP contribution in [-0.4, -0.2) is 27.0 Å². The molecular formula is C25H27ClN2O4S. The predicted octanol–water partition coefficient (Wildman–Crippen LogP) is 4.25. The largest absolute Gasteiger partial charge is 0.494 e. The normalized spacial score (nSPS) is 12.2. The number of hydrogen-bond acceptors (Lipinski definition) is 4. The highest BCUT2D eigenvalue weighted by Crippen LogP contribution is 2.22. The summed E-state index contributed by atoms with van der Waals surface area (Å²) in [4.78, 5) is 13.1. The molecule has 1 amide bonds. The highest BCUT2D eigenvalue weighted by Gasteiger charge is 2.26. The van der Waals surface area contributed by atoms with Gasteiger partial charge in [-0.05, 0) is 67.3 Å². The number of halogens is 1. The summed E-state index contributed by atoms with van der Waals surface area (Å²) in [5, 5.41) is 3.42. The van der Waals surface area contributed by atoms with Crippen LogP contribution in [0.25, 0.3) is 0 Å². The molecule has 3 rings (SSSR count). The molecule has 0 aliphatic heterocycles. The van der Waals surface area contributed by atoms with Crippen molar-refractivity contribution in [2.24, 2.45) is 0 Å². The third-order valence-electron chi connectivity index (χ3n) is 5.03. The molecule has 0 heterocycles. The van der Waals surface area contributed by atoms with Gasteiger partial charge in [0.05, 0.1) is 11.5 Å². The number of benzene rings is 3. The Balaban J connectivity index is 1.80. The quantitative estimate of drug-likeness (QED) is 0.448. The molecule has 2 N–H and O–H groups in total. The first kappa shape index (κ1) is 24.8. The first-order chi connectivity index (χ1) is 15.8. The fraction of sp³-hybridized carbons (Fsp3) is 0.240. The van der Waals surface area contributed by atoms with Gasteiger partial charge in [0, 0.05) is 11.6 Å². The first-order valence-electron chi connectivity index (χ1n) is 10.6. The lowest BCUT2D eigenvalue weighted by atomic mass is 10.1. The minimum Gasteiger partial charge on any atom is -0.494 e. The molecule has 8 heteroatoms. The molecule has 0 radical (unpaired) electrons. The fourth-order valence-corrected chi connectivity index (χ4v) is 4.72. The summed E-state index contributed by atoms with van der Waals surface area (Å²) in [5.74, 6) is 0.207. The van der Waals surface area contributed by atoms with Gasteiger partial charge in [-0.2, -0.15) is 4.72 Å². The molecule has 1 unspecified atom stereocenters. The summed E-state index contributed by atoms with van der Waals surface area (Å²) in [7, 11) is -3.95. The molecule has 3 aromatic rings. The van der Waals surface area contributed by atoms with Crippen LogP contribution >= 0.6 is 11.6 Å². The molecule has 0 aliphatic rings. The van der Waals surface area contributed by atoms with E-state index in [0.717, 1.165) is 11.1 Å². The molecule has 1 atom stereocenters. The Morgan fingerprint density at radius 1 is 1.00 bits per heavy atom. The molecule has 0 bridgehead atoms. The Kier molecular flexibility index (Phi) is 8.49. The lowest BCUT2D eigenvalue weighted by Gasteiger charge is -2.19. The third-order valence-corrected chi connectivity index (χ3v) is 6.75. The average molecular weight is 487 g/mol. The lowest BCUT2D eigenvalue weighted by Crippen LogP contribution is -2.47. The Morgan fingerprint density at radius 3 is 2.33 bits per heavy atom. The van der Waals surface area contributed by atoms with Crippen LogP contribution in [0.1, 0.15) is 23.6 Å². The number of hydrogen-bond donors (Lipinski definition) is 2. The molecule has 0 saturated carbocycles. The Labute approximate surface area is 200 Å². The molecule has 0 spiro atoms. The maximum Gasteiger partial charge on any atom is 0.241 e. The van der Waals surface area contributed by atoms with E-state index in [4.69, 9.17) is 16.3 Å². The molecule has 0 saturated heterocycles. The molecule has 33 heavy (non-hydrogen) atoms. The molecule has 174 valence electrons. The second-order valence-corrected chi connectivity index (χ2v) is 9.72. The SMILES string of the molecule is CCOc1ccc(S(=O)(=O)NC(Cc2ccccc2)C(=O)NCc2ccc(Cl)cc2)cc1C. The molecule has 0 fully saturated rings. The fourth-order valence-electron chi connectivity index (χ4n) is 3.31. The van der Waals surface area contributed by atoms with Crippen LogP contribution in [0.5, 0.6) is 5.75 Å². The van der Waals surface area contributed by atoms with Gasteiger partial charge in [0.25, 0.3) is 0 Å². The standard InChI is InChI=1S/C25H27ClN2O4S/c1-3-32-24-14-13-22(15-18(24)2)33(30,31)28-23(16-19-7-5-4-6-8-19)25(29)27-17-20-9-11-21(26)12-10-20/h4-15,23,28H,3,16-17H2,1-2H3,(H,27,29). The topological polar surface area (TPSA) is 84.5 Å². The van der Waals surface area contributed by atoms with E-state index in [1.165, 1.54) is 6.07 Å². The van der Waals surface area contributed by atoms with Crippen molar-refractivity contribution in [3.05, 3.63) is 94.5 Å². The summed E-state index contributed by atoms with van der Waals surface area (Å²) in [5.41, 5.74) is 2.40. The van der Waals surface area contributed by atoms with Crippen molar-refractivity contribution in [2.75, 3.05) is 6.61 Å². The summed E-state index contributed by atoms with van der Waals surface area (Å²) < 4.78 is 34.3. The number of carbonyl (C=O) groups excluding carboxylic acids is 1. The Hall–Kier alpha value is -2.87. The summed E-state index contributed by atoms with van der Waals surface area (Å²) in [6, 6.07) is 20.0. The zero-order valence-electron chi connectivity index (χ0n) is 18.5. The second kappa shape index (κ2) is 11.3. The third kappa shape index (κ3) is 7.05. The van der Waals surface area contributed by atoms with Crippen molar-refractivity contribution in [3.8, 4) is 5.75 Å². The number of carbonyl (C=O) groups is 1. The molecule has 6 nitrogen and oxygen atoms in total. The second-order valence-electron chi connectivity index (χ2n) is 7.57. The minimum atomic E-state index is -3.95. The van der Waals surface area contributed by atoms with Gasteiger partial charge in [-0.15, -0.1) is 0 Å². The summed E-state index contributed by atoms with van der Waals surface area (Å²) >= 11 is 5.91. The maximum atomic E-state index is 13.1. The van der Waals surface area contributed by atoms with Crippen LogP contribution in [0.4, 0.5) is 0 Å². The van der Waals surface area contributed by atoms with E-state index in [1.54, 1.807) is 31.2 Å². The van der Waals surface area contributed by atoms with E-state index in [9.17, 15) is 13.2 Å². The first-order valence-corrected chi connectivity index (χ1v) is 12.5. The van der Waals surface area contributed by atoms with E-state index >= 15 is 0 Å². The number of sulfonamides is 1. The Morgan fingerprint density at radius 2 is 1.70 bits per heavy atom. The van der Waals surface area contributed by atoms with Crippen molar-refractivity contribution in [3.63, 3.8) is 0 Å². The average Bonchev–Trinajstić information content (AvgIpc) is 2.80. The highest BCUT2D eigenvalue weighted by molar-refractivity contribution is 7.89. The van der Waals surface area contributed by atoms with Crippen LogP contribution < -0.4 is 14.8 Å². The molecular weight excluding hydrogens is 460 g/mol. The summed E-state index contributed by atoms with van der Waals surface area (Å²) in [6.45, 7) is 4.38. The zero-order valence-corrected chi connectivity index (χ0v) is 20.1. The van der Waals surface area contributed by atoms with Crippen LogP contribution in [0.15, 0.2) is 77.7 Å². The van der Waals surface area contributed by atoms with Gasteiger partial charge in [0.15, 0.2) is 0 Å². The maximum absolute atomic E-state index is 13.1. The van der Waals surface area contributed by atoms with Gasteiger partial charge < -0.3 is 10.1 Å². The van der Waals surface area contributed by atoms with Crippen molar-refractivity contribution in [2.45, 2.75) is 37.8 Å². The van der Waals surface area contributed by atoms with Crippen molar-refractivity contribution in [1.29, 1.82) is 0 Å². The van der Waals surface area contributed by atoms with E-state index in [2.05, 4.69) is 10.0 Å². The van der Waals surface area contributed by atoms with Crippen molar-refractivity contribution < 1.29 is 17.9 Å². The van der Waals surface area contributed by atoms with Crippen molar-refractivity contribution in [1.82, 2.24) is 10.0 Å². The van der Waals surface area contributed by atoms with Crippen LogP contribution in [0.2, 0.25) is 5.02 Å². The van der Waals surface area contributed by atoms with Crippen LogP contribution in [-0.2, 0) is 27.8 Å². The minimum absolute atomic E-state index is 0.0759. The smallest absolute Gasteiger partial charge is 0.241 e. The molecule has 0 aromatic heterocycles. The van der Waals surface area contributed by atoms with Gasteiger partial charge in [-0.25, -0.2) is 8.42 Å². The predicted molar refractivity (Wildman–Crippen MR) is 130 cm³/mol. The lowest BCUT2D eigenvalue weighted by molar-refractivity contribution is -0.122. The van der Waals surface area contributed by atoms with Gasteiger partial charge in [-0.3, -0.25) is 4.79 Å². The highest BCUT2D eigenvalue weighted by atomic mass is 35.5. The van der Waals surface area contributed by atoms with E-state index in [0.29, 0.717) is 22.9 Å². The van der Waals surface area contributed by atoms with Crippen LogP contribution in [0, 0.1) is 6.92 Å². The van der Waals surface area contributed by atoms with Gasteiger partial charge in [0.1, 0.15) is 11.8 Å². The van der Waals surface area contributed by atoms with E-state index in [-0.39, 0.29) is 17.9 Å².